The summed E-state index contributed by atoms with van der Waals surface area (Å²) >= 11 is 0. The van der Waals surface area contributed by atoms with Crippen molar-refractivity contribution in [1.82, 2.24) is 5.32 Å². The Morgan fingerprint density at radius 2 is 1.76 bits per heavy atom. The molecule has 152 valence electrons. The van der Waals surface area contributed by atoms with Gasteiger partial charge in [0.2, 0.25) is 0 Å². The quantitative estimate of drug-likeness (QED) is 0.609. The Hall–Kier alpha value is -3.06. The van der Waals surface area contributed by atoms with Crippen LogP contribution in [0.2, 0.25) is 0 Å². The summed E-state index contributed by atoms with van der Waals surface area (Å²) in [5.41, 5.74) is 2.67. The standard InChI is InChI=1S/C22H23NO5S/c1-16-6-8-17(9-7-16)14-29(25,26)15-20-10-11-21(28-20)22(24)23-13-18-4-3-5-19(12-18)27-2/h3-12H,13-15H2,1-2H3,(H,23,24). The molecule has 0 aliphatic carbocycles. The van der Waals surface area contributed by atoms with Gasteiger partial charge in [0.15, 0.2) is 15.6 Å². The molecule has 0 atom stereocenters. The number of ether oxygens (including phenoxy) is 1. The summed E-state index contributed by atoms with van der Waals surface area (Å²) in [6.45, 7) is 2.25. The van der Waals surface area contributed by atoms with E-state index in [1.807, 2.05) is 43.3 Å². The third-order valence-electron chi connectivity index (χ3n) is 4.34. The predicted molar refractivity (Wildman–Crippen MR) is 110 cm³/mol. The van der Waals surface area contributed by atoms with Crippen LogP contribution in [-0.2, 0) is 27.9 Å². The van der Waals surface area contributed by atoms with Gasteiger partial charge in [-0.15, -0.1) is 0 Å². The highest BCUT2D eigenvalue weighted by Gasteiger charge is 2.18. The second-order valence-electron chi connectivity index (χ2n) is 6.82. The van der Waals surface area contributed by atoms with Gasteiger partial charge in [-0.25, -0.2) is 8.42 Å². The second-order valence-corrected chi connectivity index (χ2v) is 8.88. The maximum atomic E-state index is 12.4. The van der Waals surface area contributed by atoms with Crippen LogP contribution in [0.3, 0.4) is 0 Å². The predicted octanol–water partition coefficient (Wildman–Crippen LogP) is 3.64. The molecule has 2 aromatic carbocycles. The summed E-state index contributed by atoms with van der Waals surface area (Å²) in [6.07, 6.45) is 0. The molecule has 0 aliphatic rings. The van der Waals surface area contributed by atoms with Crippen molar-refractivity contribution in [2.75, 3.05) is 7.11 Å². The zero-order valence-corrected chi connectivity index (χ0v) is 17.2. The summed E-state index contributed by atoms with van der Waals surface area (Å²) in [5.74, 6) is 0.276. The minimum Gasteiger partial charge on any atom is -0.497 e. The Bertz CT molecular complexity index is 1080. The van der Waals surface area contributed by atoms with E-state index in [1.54, 1.807) is 19.2 Å². The van der Waals surface area contributed by atoms with E-state index in [1.165, 1.54) is 12.1 Å². The Balaban J connectivity index is 1.59. The maximum Gasteiger partial charge on any atom is 0.287 e. The first kappa shape index (κ1) is 20.7. The molecular weight excluding hydrogens is 390 g/mol. The van der Waals surface area contributed by atoms with Crippen LogP contribution in [0.15, 0.2) is 65.1 Å². The van der Waals surface area contributed by atoms with Gasteiger partial charge in [0.25, 0.3) is 5.91 Å². The number of furan rings is 1. The van der Waals surface area contributed by atoms with Crippen LogP contribution in [0, 0.1) is 6.92 Å². The van der Waals surface area contributed by atoms with Crippen LogP contribution in [0.25, 0.3) is 0 Å². The molecule has 6 nitrogen and oxygen atoms in total. The molecule has 1 N–H and O–H groups in total. The first-order valence-corrected chi connectivity index (χ1v) is 10.9. The lowest BCUT2D eigenvalue weighted by Gasteiger charge is -2.06. The number of hydrogen-bond donors (Lipinski definition) is 1. The van der Waals surface area contributed by atoms with Crippen molar-refractivity contribution >= 4 is 15.7 Å². The molecule has 29 heavy (non-hydrogen) atoms. The minimum atomic E-state index is -3.42. The number of methoxy groups -OCH3 is 1. The topological polar surface area (TPSA) is 85.6 Å². The molecule has 0 unspecified atom stereocenters. The van der Waals surface area contributed by atoms with E-state index in [-0.39, 0.29) is 23.0 Å². The Morgan fingerprint density at radius 1 is 1.00 bits per heavy atom. The fourth-order valence-corrected chi connectivity index (χ4v) is 4.23. The average Bonchev–Trinajstić information content (AvgIpc) is 3.15. The zero-order chi connectivity index (χ0) is 20.9. The van der Waals surface area contributed by atoms with Gasteiger partial charge in [-0.1, -0.05) is 42.0 Å². The fraction of sp³-hybridized carbons (Fsp3) is 0.227. The number of carbonyl (C=O) groups is 1. The molecule has 0 saturated heterocycles. The SMILES string of the molecule is COc1cccc(CNC(=O)c2ccc(CS(=O)(=O)Cc3ccc(C)cc3)o2)c1. The van der Waals surface area contributed by atoms with Crippen LogP contribution >= 0.6 is 0 Å². The van der Waals surface area contributed by atoms with E-state index in [0.29, 0.717) is 12.3 Å². The number of carbonyl (C=O) groups excluding carboxylic acids is 1. The van der Waals surface area contributed by atoms with Gasteiger partial charge < -0.3 is 14.5 Å². The second kappa shape index (κ2) is 8.96. The molecule has 1 heterocycles. The molecule has 1 aromatic heterocycles. The molecule has 0 fully saturated rings. The average molecular weight is 413 g/mol. The van der Waals surface area contributed by atoms with Crippen molar-refractivity contribution in [3.63, 3.8) is 0 Å². The lowest BCUT2D eigenvalue weighted by Crippen LogP contribution is -2.22. The molecule has 1 amide bonds. The molecule has 7 heteroatoms. The van der Waals surface area contributed by atoms with Gasteiger partial charge in [-0.2, -0.15) is 0 Å². The van der Waals surface area contributed by atoms with Crippen molar-refractivity contribution in [2.24, 2.45) is 0 Å². The Morgan fingerprint density at radius 3 is 2.48 bits per heavy atom. The number of benzene rings is 2. The first-order valence-electron chi connectivity index (χ1n) is 9.10. The lowest BCUT2D eigenvalue weighted by molar-refractivity contribution is 0.0921. The molecule has 3 aromatic rings. The number of nitrogens with one attached hydrogen (secondary N) is 1. The molecule has 0 radical (unpaired) electrons. The van der Waals surface area contributed by atoms with Gasteiger partial charge in [0.1, 0.15) is 17.3 Å². The number of rotatable bonds is 8. The molecule has 0 saturated carbocycles. The van der Waals surface area contributed by atoms with E-state index < -0.39 is 15.7 Å². The molecule has 0 spiro atoms. The van der Waals surface area contributed by atoms with Crippen LogP contribution in [0.5, 0.6) is 5.75 Å². The monoisotopic (exact) mass is 413 g/mol. The van der Waals surface area contributed by atoms with Gasteiger partial charge in [-0.05, 0) is 42.3 Å². The summed E-state index contributed by atoms with van der Waals surface area (Å²) < 4.78 is 35.5. The summed E-state index contributed by atoms with van der Waals surface area (Å²) in [7, 11) is -1.84. The van der Waals surface area contributed by atoms with Gasteiger partial charge in [-0.3, -0.25) is 4.79 Å². The highest BCUT2D eigenvalue weighted by molar-refractivity contribution is 7.89. The van der Waals surface area contributed by atoms with Crippen molar-refractivity contribution in [2.45, 2.75) is 25.0 Å². The molecule has 0 aliphatic heterocycles. The van der Waals surface area contributed by atoms with Crippen molar-refractivity contribution in [3.05, 3.63) is 88.9 Å². The number of amides is 1. The zero-order valence-electron chi connectivity index (χ0n) is 16.3. The largest absolute Gasteiger partial charge is 0.497 e. The normalized spacial score (nSPS) is 11.2. The van der Waals surface area contributed by atoms with E-state index in [2.05, 4.69) is 5.32 Å². The van der Waals surface area contributed by atoms with E-state index in [9.17, 15) is 13.2 Å². The van der Waals surface area contributed by atoms with Crippen LogP contribution in [0.4, 0.5) is 0 Å². The van der Waals surface area contributed by atoms with Gasteiger partial charge in [0, 0.05) is 6.54 Å². The molecule has 0 bridgehead atoms. The van der Waals surface area contributed by atoms with E-state index >= 15 is 0 Å². The van der Waals surface area contributed by atoms with Crippen molar-refractivity contribution in [1.29, 1.82) is 0 Å². The number of sulfone groups is 1. The minimum absolute atomic E-state index is 0.0773. The highest BCUT2D eigenvalue weighted by Crippen LogP contribution is 2.16. The third kappa shape index (κ3) is 5.96. The lowest BCUT2D eigenvalue weighted by atomic mass is 10.2. The van der Waals surface area contributed by atoms with Gasteiger partial charge >= 0.3 is 0 Å². The van der Waals surface area contributed by atoms with Gasteiger partial charge in [0.05, 0.1) is 12.9 Å². The van der Waals surface area contributed by atoms with Crippen molar-refractivity contribution < 1.29 is 22.4 Å². The number of hydrogen-bond acceptors (Lipinski definition) is 5. The highest BCUT2D eigenvalue weighted by atomic mass is 32.2. The third-order valence-corrected chi connectivity index (χ3v) is 5.84. The summed E-state index contributed by atoms with van der Waals surface area (Å²) in [5, 5.41) is 2.75. The molecular formula is C22H23NO5S. The Labute approximate surface area is 170 Å². The number of aryl methyl sites for hydroxylation is 1. The fourth-order valence-electron chi connectivity index (χ4n) is 2.84. The summed E-state index contributed by atoms with van der Waals surface area (Å²) in [6, 6.07) is 17.7. The summed E-state index contributed by atoms with van der Waals surface area (Å²) in [4.78, 5) is 12.3. The van der Waals surface area contributed by atoms with Crippen LogP contribution in [-0.4, -0.2) is 21.4 Å². The van der Waals surface area contributed by atoms with Crippen molar-refractivity contribution in [3.8, 4) is 5.75 Å². The van der Waals surface area contributed by atoms with E-state index in [0.717, 1.165) is 16.7 Å². The Kier molecular flexibility index (Phi) is 6.39. The first-order chi connectivity index (χ1) is 13.8. The molecule has 3 rings (SSSR count). The maximum absolute atomic E-state index is 12.4. The van der Waals surface area contributed by atoms with Crippen LogP contribution in [0.1, 0.15) is 33.0 Å². The van der Waals surface area contributed by atoms with Crippen LogP contribution < -0.4 is 10.1 Å². The van der Waals surface area contributed by atoms with E-state index in [4.69, 9.17) is 9.15 Å². The smallest absolute Gasteiger partial charge is 0.287 e.